The monoisotopic (exact) mass is 334 g/mol. The Bertz CT molecular complexity index is 533. The summed E-state index contributed by atoms with van der Waals surface area (Å²) in [5.41, 5.74) is 1.18. The van der Waals surface area contributed by atoms with E-state index >= 15 is 0 Å². The maximum atomic E-state index is 12.0. The van der Waals surface area contributed by atoms with Crippen LogP contribution in [0.25, 0.3) is 0 Å². The Morgan fingerprint density at radius 3 is 2.71 bits per heavy atom. The highest BCUT2D eigenvalue weighted by Gasteiger charge is 2.32. The van der Waals surface area contributed by atoms with Crippen molar-refractivity contribution < 1.29 is 14.3 Å². The van der Waals surface area contributed by atoms with E-state index in [4.69, 9.17) is 9.47 Å². The fraction of sp³-hybridized carbons (Fsp3) is 0.632. The zero-order valence-electron chi connectivity index (χ0n) is 15.3. The normalized spacial score (nSPS) is 21.5. The molecule has 1 heterocycles. The molecule has 0 spiro atoms. The summed E-state index contributed by atoms with van der Waals surface area (Å²) in [7, 11) is 7.10. The smallest absolute Gasteiger partial charge is 0.222 e. The zero-order chi connectivity index (χ0) is 17.5. The Labute approximate surface area is 145 Å². The minimum Gasteiger partial charge on any atom is -0.496 e. The molecule has 1 aromatic rings. The van der Waals surface area contributed by atoms with Gasteiger partial charge in [-0.2, -0.15) is 0 Å². The summed E-state index contributed by atoms with van der Waals surface area (Å²) in [5.74, 6) is 1.09. The first-order valence-electron chi connectivity index (χ1n) is 8.65. The molecule has 5 nitrogen and oxygen atoms in total. The van der Waals surface area contributed by atoms with Crippen LogP contribution in [0.3, 0.4) is 0 Å². The quantitative estimate of drug-likeness (QED) is 0.768. The molecular formula is C19H30N2O3. The molecule has 0 N–H and O–H groups in total. The molecule has 1 saturated heterocycles. The highest BCUT2D eigenvalue weighted by atomic mass is 16.5. The van der Waals surface area contributed by atoms with Crippen LogP contribution >= 0.6 is 0 Å². The molecular weight excluding hydrogens is 304 g/mol. The lowest BCUT2D eigenvalue weighted by Gasteiger charge is -2.41. The van der Waals surface area contributed by atoms with Gasteiger partial charge in [0.15, 0.2) is 0 Å². The molecule has 1 aliphatic rings. The van der Waals surface area contributed by atoms with Crippen LogP contribution in [0.2, 0.25) is 0 Å². The van der Waals surface area contributed by atoms with Crippen LogP contribution in [-0.2, 0) is 16.1 Å². The third kappa shape index (κ3) is 4.71. The third-order valence-corrected chi connectivity index (χ3v) is 4.85. The minimum atomic E-state index is 0.174. The minimum absolute atomic E-state index is 0.174. The first-order chi connectivity index (χ1) is 11.6. The summed E-state index contributed by atoms with van der Waals surface area (Å²) in [6, 6.07) is 8.40. The topological polar surface area (TPSA) is 42.0 Å². The van der Waals surface area contributed by atoms with E-state index in [-0.39, 0.29) is 18.1 Å². The molecule has 0 saturated carbocycles. The number of likely N-dealkylation sites (tertiary alicyclic amines) is 1. The number of nitrogens with zero attached hydrogens (tertiary/aromatic N) is 2. The standard InChI is InChI=1S/C19H30N2O3/c1-20(2)19(22)12-11-16-18(24-4)10-7-13-21(16)14-15-8-5-6-9-17(15)23-3/h5-6,8-9,16,18H,7,10-14H2,1-4H3/t16-,18-/m0/s1. The maximum Gasteiger partial charge on any atom is 0.222 e. The first kappa shape index (κ1) is 18.7. The van der Waals surface area contributed by atoms with Crippen LogP contribution in [0.5, 0.6) is 5.75 Å². The molecule has 0 radical (unpaired) electrons. The molecule has 1 aromatic carbocycles. The van der Waals surface area contributed by atoms with Crippen molar-refractivity contribution in [1.29, 1.82) is 0 Å². The van der Waals surface area contributed by atoms with Gasteiger partial charge in [0.1, 0.15) is 5.75 Å². The summed E-state index contributed by atoms with van der Waals surface area (Å²) in [4.78, 5) is 16.1. The predicted molar refractivity (Wildman–Crippen MR) is 95.2 cm³/mol. The van der Waals surface area contributed by atoms with Crippen LogP contribution in [0.4, 0.5) is 0 Å². The van der Waals surface area contributed by atoms with E-state index < -0.39 is 0 Å². The summed E-state index contributed by atoms with van der Waals surface area (Å²) >= 11 is 0. The Hall–Kier alpha value is -1.59. The number of rotatable bonds is 7. The van der Waals surface area contributed by atoms with Gasteiger partial charge in [-0.05, 0) is 31.9 Å². The second kappa shape index (κ2) is 9.04. The molecule has 1 amide bonds. The van der Waals surface area contributed by atoms with E-state index in [9.17, 15) is 4.79 Å². The summed E-state index contributed by atoms with van der Waals surface area (Å²) < 4.78 is 11.2. The van der Waals surface area contributed by atoms with Crippen molar-refractivity contribution in [2.75, 3.05) is 34.9 Å². The van der Waals surface area contributed by atoms with Crippen molar-refractivity contribution in [3.8, 4) is 5.75 Å². The number of hydrogen-bond acceptors (Lipinski definition) is 4. The lowest BCUT2D eigenvalue weighted by atomic mass is 9.93. The van der Waals surface area contributed by atoms with Crippen molar-refractivity contribution in [1.82, 2.24) is 9.80 Å². The van der Waals surface area contributed by atoms with Crippen LogP contribution in [0.15, 0.2) is 24.3 Å². The highest BCUT2D eigenvalue weighted by molar-refractivity contribution is 5.75. The number of ether oxygens (including phenoxy) is 2. The Kier molecular flexibility index (Phi) is 7.06. The lowest BCUT2D eigenvalue weighted by Crippen LogP contribution is -2.48. The van der Waals surface area contributed by atoms with Crippen molar-refractivity contribution in [3.63, 3.8) is 0 Å². The van der Waals surface area contributed by atoms with Gasteiger partial charge in [-0.1, -0.05) is 18.2 Å². The van der Waals surface area contributed by atoms with Crippen LogP contribution in [0, 0.1) is 0 Å². The van der Waals surface area contributed by atoms with Crippen LogP contribution < -0.4 is 4.74 Å². The molecule has 134 valence electrons. The average molecular weight is 334 g/mol. The van der Waals surface area contributed by atoms with E-state index in [0.29, 0.717) is 6.42 Å². The predicted octanol–water partition coefficient (Wildman–Crippen LogP) is 2.54. The van der Waals surface area contributed by atoms with Gasteiger partial charge >= 0.3 is 0 Å². The first-order valence-corrected chi connectivity index (χ1v) is 8.65. The number of methoxy groups -OCH3 is 2. The number of benzene rings is 1. The molecule has 24 heavy (non-hydrogen) atoms. The second-order valence-electron chi connectivity index (χ2n) is 6.59. The van der Waals surface area contributed by atoms with Gasteiger partial charge in [0.2, 0.25) is 5.91 Å². The molecule has 2 rings (SSSR count). The molecule has 2 atom stereocenters. The van der Waals surface area contributed by atoms with Gasteiger partial charge in [-0.15, -0.1) is 0 Å². The number of amides is 1. The third-order valence-electron chi connectivity index (χ3n) is 4.85. The Morgan fingerprint density at radius 2 is 2.04 bits per heavy atom. The largest absolute Gasteiger partial charge is 0.496 e. The van der Waals surface area contributed by atoms with Crippen molar-refractivity contribution in [2.24, 2.45) is 0 Å². The molecule has 5 heteroatoms. The van der Waals surface area contributed by atoms with E-state index in [1.54, 1.807) is 19.1 Å². The van der Waals surface area contributed by atoms with Gasteiger partial charge in [-0.3, -0.25) is 9.69 Å². The molecule has 0 unspecified atom stereocenters. The number of carbonyl (C=O) groups is 1. The molecule has 1 fully saturated rings. The van der Waals surface area contributed by atoms with Crippen LogP contribution in [-0.4, -0.2) is 62.7 Å². The van der Waals surface area contributed by atoms with E-state index in [1.807, 2.05) is 32.3 Å². The lowest BCUT2D eigenvalue weighted by molar-refractivity contribution is -0.129. The van der Waals surface area contributed by atoms with Crippen molar-refractivity contribution in [2.45, 2.75) is 44.4 Å². The summed E-state index contributed by atoms with van der Waals surface area (Å²) in [6.45, 7) is 1.85. The van der Waals surface area contributed by atoms with E-state index in [2.05, 4.69) is 11.0 Å². The molecule has 0 aliphatic carbocycles. The van der Waals surface area contributed by atoms with Crippen molar-refractivity contribution in [3.05, 3.63) is 29.8 Å². The van der Waals surface area contributed by atoms with Gasteiger partial charge in [0, 0.05) is 45.8 Å². The molecule has 0 aromatic heterocycles. The molecule has 0 bridgehead atoms. The maximum absolute atomic E-state index is 12.0. The Morgan fingerprint density at radius 1 is 1.29 bits per heavy atom. The van der Waals surface area contributed by atoms with Gasteiger partial charge in [0.25, 0.3) is 0 Å². The SMILES string of the molecule is COc1ccccc1CN1CCC[C@H](OC)[C@@H]1CCC(=O)N(C)C. The zero-order valence-corrected chi connectivity index (χ0v) is 15.3. The second-order valence-corrected chi connectivity index (χ2v) is 6.59. The fourth-order valence-corrected chi connectivity index (χ4v) is 3.48. The summed E-state index contributed by atoms with van der Waals surface area (Å²) in [5, 5.41) is 0. The summed E-state index contributed by atoms with van der Waals surface area (Å²) in [6.07, 6.45) is 3.74. The number of hydrogen-bond donors (Lipinski definition) is 0. The van der Waals surface area contributed by atoms with Gasteiger partial charge in [0.05, 0.1) is 13.2 Å². The Balaban J connectivity index is 2.10. The van der Waals surface area contributed by atoms with Gasteiger partial charge in [-0.25, -0.2) is 0 Å². The van der Waals surface area contributed by atoms with Gasteiger partial charge < -0.3 is 14.4 Å². The number of carbonyl (C=O) groups excluding carboxylic acids is 1. The van der Waals surface area contributed by atoms with Crippen LogP contribution in [0.1, 0.15) is 31.2 Å². The highest BCUT2D eigenvalue weighted by Crippen LogP contribution is 2.28. The van der Waals surface area contributed by atoms with Crippen molar-refractivity contribution >= 4 is 5.91 Å². The number of piperidine rings is 1. The van der Waals surface area contributed by atoms with E-state index in [1.165, 1.54) is 5.56 Å². The molecule has 1 aliphatic heterocycles. The average Bonchev–Trinajstić information content (AvgIpc) is 2.60. The van der Waals surface area contributed by atoms with E-state index in [0.717, 1.165) is 38.1 Å². The number of para-hydroxylation sites is 1. The fourth-order valence-electron chi connectivity index (χ4n) is 3.48.